The van der Waals surface area contributed by atoms with Gasteiger partial charge >= 0.3 is 0 Å². The summed E-state index contributed by atoms with van der Waals surface area (Å²) < 4.78 is 0. The third kappa shape index (κ3) is 17.3. The molecule has 3 heteroatoms. The summed E-state index contributed by atoms with van der Waals surface area (Å²) in [5, 5.41) is 0. The summed E-state index contributed by atoms with van der Waals surface area (Å²) in [4.78, 5) is 8.61. The first kappa shape index (κ1) is 38.4. The first-order valence-corrected chi connectivity index (χ1v) is 14.3. The standard InChI is InChI=1S/C15H26BN.C10H13N.C4H8.2C2H6/c1-5-8-14-13(4)17-12-9-15(14)16(10-6-2)11-7-3;1-4-9-7-8(2)5-6-10(9)11-3;1-4(2)3;2*1-2/h9,12H,5-8,10-11H2,1-4H3;4-7H,1-3H3;1H2,2-3H3;2*1-2H3/b;9-4-,11-10?;;;. The molecule has 1 aliphatic rings. The first-order chi connectivity index (χ1) is 17.2. The van der Waals surface area contributed by atoms with Gasteiger partial charge in [-0.1, -0.05) is 115 Å². The lowest BCUT2D eigenvalue weighted by Gasteiger charge is -2.18. The molecule has 204 valence electrons. The number of aromatic nitrogens is 1. The Morgan fingerprint density at radius 1 is 0.972 bits per heavy atom. The van der Waals surface area contributed by atoms with E-state index < -0.39 is 0 Å². The van der Waals surface area contributed by atoms with E-state index in [9.17, 15) is 0 Å². The van der Waals surface area contributed by atoms with Crippen molar-refractivity contribution in [2.45, 2.75) is 121 Å². The van der Waals surface area contributed by atoms with Crippen LogP contribution in [0.1, 0.15) is 107 Å². The minimum Gasteiger partial charge on any atom is -0.288 e. The third-order valence-corrected chi connectivity index (χ3v) is 5.26. The van der Waals surface area contributed by atoms with Crippen LogP contribution in [0.2, 0.25) is 12.6 Å². The molecule has 0 saturated carbocycles. The van der Waals surface area contributed by atoms with Gasteiger partial charge in [0.05, 0.1) is 5.71 Å². The zero-order valence-electron chi connectivity index (χ0n) is 26.4. The normalized spacial score (nSPS) is 13.5. The first-order valence-electron chi connectivity index (χ1n) is 14.3. The zero-order valence-corrected chi connectivity index (χ0v) is 26.4. The predicted octanol–water partition coefficient (Wildman–Crippen LogP) is 10.0. The molecule has 0 aliphatic heterocycles. The number of nitrogens with zero attached hydrogens (tertiary/aromatic N) is 2. The molecule has 0 N–H and O–H groups in total. The maximum atomic E-state index is 4.46. The second kappa shape index (κ2) is 25.9. The molecule has 1 aromatic heterocycles. The average Bonchev–Trinajstić information content (AvgIpc) is 2.87. The molecule has 1 aliphatic carbocycles. The van der Waals surface area contributed by atoms with E-state index in [1.807, 2.05) is 67.8 Å². The molecule has 0 unspecified atom stereocenters. The van der Waals surface area contributed by atoms with Gasteiger partial charge in [-0.2, -0.15) is 0 Å². The molecule has 0 amide bonds. The van der Waals surface area contributed by atoms with E-state index in [0.29, 0.717) is 0 Å². The highest BCUT2D eigenvalue weighted by Gasteiger charge is 2.18. The van der Waals surface area contributed by atoms with Gasteiger partial charge in [0.1, 0.15) is 0 Å². The van der Waals surface area contributed by atoms with Gasteiger partial charge in [0.2, 0.25) is 0 Å². The molecule has 0 spiro atoms. The van der Waals surface area contributed by atoms with Crippen molar-refractivity contribution < 1.29 is 0 Å². The Bertz CT molecular complexity index is 803. The minimum absolute atomic E-state index is 0.744. The number of aryl methyl sites for hydroxylation is 1. The van der Waals surface area contributed by atoms with Crippen molar-refractivity contribution in [2.24, 2.45) is 4.99 Å². The van der Waals surface area contributed by atoms with Crippen LogP contribution in [0.3, 0.4) is 0 Å². The van der Waals surface area contributed by atoms with E-state index in [1.54, 1.807) is 5.46 Å². The van der Waals surface area contributed by atoms with Gasteiger partial charge in [-0.25, -0.2) is 0 Å². The number of hydrogen-bond donors (Lipinski definition) is 0. The Morgan fingerprint density at radius 3 is 1.92 bits per heavy atom. The summed E-state index contributed by atoms with van der Waals surface area (Å²) in [7, 11) is 1.82. The second-order valence-electron chi connectivity index (χ2n) is 8.77. The average molecular weight is 495 g/mol. The van der Waals surface area contributed by atoms with E-state index >= 15 is 0 Å². The van der Waals surface area contributed by atoms with Crippen molar-refractivity contribution in [3.05, 3.63) is 71.1 Å². The highest BCUT2D eigenvalue weighted by Crippen LogP contribution is 2.14. The molecule has 2 nitrogen and oxygen atoms in total. The topological polar surface area (TPSA) is 25.2 Å². The van der Waals surface area contributed by atoms with Gasteiger partial charge in [-0.05, 0) is 64.3 Å². The van der Waals surface area contributed by atoms with Crippen LogP contribution in [0, 0.1) is 6.92 Å². The summed E-state index contributed by atoms with van der Waals surface area (Å²) in [5.74, 6) is 0. The van der Waals surface area contributed by atoms with Crippen LogP contribution in [-0.4, -0.2) is 24.5 Å². The molecule has 0 bridgehead atoms. The highest BCUT2D eigenvalue weighted by molar-refractivity contribution is 6.73. The molecule has 36 heavy (non-hydrogen) atoms. The Balaban J connectivity index is -0.000000491. The fourth-order valence-electron chi connectivity index (χ4n) is 3.84. The lowest BCUT2D eigenvalue weighted by Crippen LogP contribution is -2.33. The van der Waals surface area contributed by atoms with E-state index in [-0.39, 0.29) is 0 Å². The molecule has 0 radical (unpaired) electrons. The number of hydrogen-bond acceptors (Lipinski definition) is 2. The lowest BCUT2D eigenvalue weighted by molar-refractivity contribution is 0.902. The van der Waals surface area contributed by atoms with Crippen LogP contribution in [-0.2, 0) is 6.42 Å². The highest BCUT2D eigenvalue weighted by atomic mass is 14.7. The molecule has 0 aromatic carbocycles. The fourth-order valence-corrected chi connectivity index (χ4v) is 3.84. The van der Waals surface area contributed by atoms with Gasteiger partial charge in [0.25, 0.3) is 0 Å². The molecule has 1 aromatic rings. The quantitative estimate of drug-likeness (QED) is 0.273. The van der Waals surface area contributed by atoms with Crippen molar-refractivity contribution in [1.82, 2.24) is 4.98 Å². The van der Waals surface area contributed by atoms with Gasteiger partial charge in [-0.3, -0.25) is 9.98 Å². The zero-order chi connectivity index (χ0) is 28.5. The number of allylic oxidation sites excluding steroid dienone is 7. The summed E-state index contributed by atoms with van der Waals surface area (Å²) >= 11 is 0. The summed E-state index contributed by atoms with van der Waals surface area (Å²) in [5.41, 5.74) is 9.06. The Hall–Kier alpha value is -2.16. The third-order valence-electron chi connectivity index (χ3n) is 5.26. The van der Waals surface area contributed by atoms with Gasteiger partial charge in [-0.15, -0.1) is 6.58 Å². The Labute approximate surface area is 227 Å². The minimum atomic E-state index is 0.744. The van der Waals surface area contributed by atoms with Crippen LogP contribution in [0.5, 0.6) is 0 Å². The van der Waals surface area contributed by atoms with Crippen molar-refractivity contribution in [3.8, 4) is 0 Å². The van der Waals surface area contributed by atoms with Crippen molar-refractivity contribution >= 4 is 17.9 Å². The van der Waals surface area contributed by atoms with Crippen molar-refractivity contribution in [3.63, 3.8) is 0 Å². The second-order valence-corrected chi connectivity index (χ2v) is 8.77. The van der Waals surface area contributed by atoms with Crippen LogP contribution >= 0.6 is 0 Å². The lowest BCUT2D eigenvalue weighted by atomic mass is 9.39. The van der Waals surface area contributed by atoms with E-state index in [4.69, 9.17) is 0 Å². The molecule has 1 heterocycles. The number of aliphatic imine (C=N–C) groups is 1. The SMILES string of the molecule is C/C=C1/C=C(C)C=CC1=NC.C=C(C)C.CC.CC.CCCB(CCC)c1ccnc(C)c1CCC. The maximum absolute atomic E-state index is 4.46. The summed E-state index contributed by atoms with van der Waals surface area (Å²) in [6, 6.07) is 2.26. The van der Waals surface area contributed by atoms with Gasteiger partial charge in [0, 0.05) is 18.9 Å². The maximum Gasteiger partial charge on any atom is 0.176 e. The van der Waals surface area contributed by atoms with Gasteiger partial charge < -0.3 is 0 Å². The Kier molecular flexibility index (Phi) is 27.6. The Morgan fingerprint density at radius 2 is 1.50 bits per heavy atom. The molecular formula is C33H59BN2. The fraction of sp³-hybridized carbons (Fsp3) is 0.576. The van der Waals surface area contributed by atoms with Crippen molar-refractivity contribution in [2.75, 3.05) is 7.05 Å². The smallest absolute Gasteiger partial charge is 0.176 e. The van der Waals surface area contributed by atoms with Crippen LogP contribution in [0.25, 0.3) is 0 Å². The molecular weight excluding hydrogens is 435 g/mol. The molecule has 2 rings (SSSR count). The number of pyridine rings is 1. The number of rotatable bonds is 7. The van der Waals surface area contributed by atoms with Crippen LogP contribution < -0.4 is 5.46 Å². The van der Waals surface area contributed by atoms with E-state index in [0.717, 1.165) is 12.4 Å². The molecule has 0 atom stereocenters. The summed E-state index contributed by atoms with van der Waals surface area (Å²) in [6.07, 6.45) is 17.9. The largest absolute Gasteiger partial charge is 0.288 e. The molecule has 0 fully saturated rings. The van der Waals surface area contributed by atoms with Crippen molar-refractivity contribution in [1.29, 1.82) is 0 Å². The van der Waals surface area contributed by atoms with Crippen LogP contribution in [0.4, 0.5) is 0 Å². The van der Waals surface area contributed by atoms with Gasteiger partial charge in [0.15, 0.2) is 6.71 Å². The predicted molar refractivity (Wildman–Crippen MR) is 172 cm³/mol. The molecule has 0 saturated heterocycles. The van der Waals surface area contributed by atoms with E-state index in [2.05, 4.69) is 75.5 Å². The van der Waals surface area contributed by atoms with E-state index in [1.165, 1.54) is 66.3 Å². The monoisotopic (exact) mass is 494 g/mol. The van der Waals surface area contributed by atoms with Crippen LogP contribution in [0.15, 0.2) is 64.9 Å². The summed E-state index contributed by atoms with van der Waals surface area (Å²) in [6.45, 7) is 29.4.